The van der Waals surface area contributed by atoms with Gasteiger partial charge in [0.1, 0.15) is 0 Å². The van der Waals surface area contributed by atoms with Crippen molar-refractivity contribution in [3.63, 3.8) is 0 Å². The minimum absolute atomic E-state index is 0.308. The molecule has 3 heteroatoms. The molecule has 3 nitrogen and oxygen atoms in total. The number of methoxy groups -OCH3 is 1. The molecule has 2 rings (SSSR count). The van der Waals surface area contributed by atoms with Gasteiger partial charge in [-0.25, -0.2) is 4.79 Å². The summed E-state index contributed by atoms with van der Waals surface area (Å²) in [6.07, 6.45) is -0.520. The molecule has 1 aliphatic rings. The minimum Gasteiger partial charge on any atom is -0.428 e. The Kier molecular flexibility index (Phi) is 3.65. The molecule has 0 N–H and O–H groups in total. The van der Waals surface area contributed by atoms with E-state index in [2.05, 4.69) is 0 Å². The molecule has 0 radical (unpaired) electrons. The zero-order valence-corrected chi connectivity index (χ0v) is 8.61. The zero-order chi connectivity index (χ0) is 10.6. The van der Waals surface area contributed by atoms with Crippen LogP contribution >= 0.6 is 0 Å². The van der Waals surface area contributed by atoms with Crippen LogP contribution in [0, 0.1) is 0 Å². The van der Waals surface area contributed by atoms with Crippen molar-refractivity contribution in [2.45, 2.75) is 20.1 Å². The lowest BCUT2D eigenvalue weighted by Crippen LogP contribution is -1.99. The van der Waals surface area contributed by atoms with Crippen molar-refractivity contribution in [1.82, 2.24) is 0 Å². The Labute approximate surface area is 83.6 Å². The highest BCUT2D eigenvalue weighted by atomic mass is 16.7. The molecule has 0 spiro atoms. The maximum absolute atomic E-state index is 11.1. The average molecular weight is 194 g/mol. The molecule has 0 aliphatic carbocycles. The Bertz CT molecular complexity index is 320. The first-order valence-corrected chi connectivity index (χ1v) is 4.65. The second-order valence-electron chi connectivity index (χ2n) is 2.56. The molecule has 0 fully saturated rings. The van der Waals surface area contributed by atoms with E-state index in [1.807, 2.05) is 26.0 Å². The fourth-order valence-corrected chi connectivity index (χ4v) is 1.29. The topological polar surface area (TPSA) is 35.5 Å². The summed E-state index contributed by atoms with van der Waals surface area (Å²) in [5.41, 5.74) is 1.41. The van der Waals surface area contributed by atoms with Gasteiger partial charge in [-0.3, -0.25) is 0 Å². The maximum Gasteiger partial charge on any atom is 0.341 e. The lowest BCUT2D eigenvalue weighted by molar-refractivity contribution is -0.0815. The van der Waals surface area contributed by atoms with Gasteiger partial charge in [-0.15, -0.1) is 0 Å². The third-order valence-electron chi connectivity index (χ3n) is 1.86. The number of ether oxygens (including phenoxy) is 2. The summed E-state index contributed by atoms with van der Waals surface area (Å²) in [4.78, 5) is 11.1. The molecule has 14 heavy (non-hydrogen) atoms. The summed E-state index contributed by atoms with van der Waals surface area (Å²) in [5.74, 6) is -0.308. The van der Waals surface area contributed by atoms with Gasteiger partial charge in [-0.05, 0) is 6.07 Å². The lowest BCUT2D eigenvalue weighted by atomic mass is 10.1. The van der Waals surface area contributed by atoms with Crippen molar-refractivity contribution in [3.05, 3.63) is 35.4 Å². The van der Waals surface area contributed by atoms with Crippen molar-refractivity contribution in [2.24, 2.45) is 0 Å². The van der Waals surface area contributed by atoms with Gasteiger partial charge in [0, 0.05) is 12.7 Å². The minimum atomic E-state index is -0.520. The van der Waals surface area contributed by atoms with Gasteiger partial charge in [0.25, 0.3) is 0 Å². The predicted octanol–water partition coefficient (Wildman–Crippen LogP) is 2.53. The summed E-state index contributed by atoms with van der Waals surface area (Å²) < 4.78 is 9.88. The lowest BCUT2D eigenvalue weighted by Gasteiger charge is -2.06. The standard InChI is InChI=1S/C9H8O3.C2H6/c1-11-9-7-5-3-2-4-6(7)8(10)12-9;1-2/h2-5,9H,1H3;1-2H3. The molecule has 0 bridgehead atoms. The first kappa shape index (κ1) is 10.7. The zero-order valence-electron chi connectivity index (χ0n) is 8.61. The van der Waals surface area contributed by atoms with E-state index in [1.165, 1.54) is 7.11 Å². The van der Waals surface area contributed by atoms with Crippen LogP contribution in [0.3, 0.4) is 0 Å². The number of fused-ring (bicyclic) bond motifs is 1. The first-order valence-electron chi connectivity index (χ1n) is 4.65. The molecule has 0 amide bonds. The van der Waals surface area contributed by atoms with Crippen LogP contribution in [0.25, 0.3) is 0 Å². The SMILES string of the molecule is CC.COC1OC(=O)c2ccccc21. The monoisotopic (exact) mass is 194 g/mol. The average Bonchev–Trinajstić information content (AvgIpc) is 2.59. The molecule has 1 heterocycles. The summed E-state index contributed by atoms with van der Waals surface area (Å²) in [5, 5.41) is 0. The van der Waals surface area contributed by atoms with Crippen LogP contribution in [0.1, 0.15) is 36.1 Å². The molecular weight excluding hydrogens is 180 g/mol. The highest BCUT2D eigenvalue weighted by Gasteiger charge is 2.29. The smallest absolute Gasteiger partial charge is 0.341 e. The van der Waals surface area contributed by atoms with E-state index in [0.29, 0.717) is 5.56 Å². The van der Waals surface area contributed by atoms with Crippen molar-refractivity contribution >= 4 is 5.97 Å². The van der Waals surface area contributed by atoms with Crippen LogP contribution in [0.5, 0.6) is 0 Å². The number of hydrogen-bond donors (Lipinski definition) is 0. The molecule has 0 saturated heterocycles. The number of rotatable bonds is 1. The van der Waals surface area contributed by atoms with E-state index in [-0.39, 0.29) is 5.97 Å². The number of carbonyl (C=O) groups is 1. The Balaban J connectivity index is 0.000000461. The summed E-state index contributed by atoms with van der Waals surface area (Å²) in [6, 6.07) is 7.22. The number of hydrogen-bond acceptors (Lipinski definition) is 3. The molecule has 0 saturated carbocycles. The van der Waals surface area contributed by atoms with E-state index < -0.39 is 6.29 Å². The molecule has 1 aromatic carbocycles. The van der Waals surface area contributed by atoms with Crippen LogP contribution in [-0.2, 0) is 9.47 Å². The van der Waals surface area contributed by atoms with E-state index in [4.69, 9.17) is 9.47 Å². The van der Waals surface area contributed by atoms with E-state index in [1.54, 1.807) is 12.1 Å². The maximum atomic E-state index is 11.1. The number of carbonyl (C=O) groups excluding carboxylic acids is 1. The van der Waals surface area contributed by atoms with Crippen LogP contribution in [0.15, 0.2) is 24.3 Å². The van der Waals surface area contributed by atoms with Crippen LogP contribution in [0.2, 0.25) is 0 Å². The van der Waals surface area contributed by atoms with Crippen molar-refractivity contribution in [2.75, 3.05) is 7.11 Å². The van der Waals surface area contributed by atoms with Gasteiger partial charge in [0.05, 0.1) is 5.56 Å². The predicted molar refractivity (Wildman–Crippen MR) is 53.0 cm³/mol. The highest BCUT2D eigenvalue weighted by molar-refractivity contribution is 5.93. The Morgan fingerprint density at radius 3 is 2.57 bits per heavy atom. The number of cyclic esters (lactones) is 1. The van der Waals surface area contributed by atoms with Crippen molar-refractivity contribution in [1.29, 1.82) is 0 Å². The second-order valence-corrected chi connectivity index (χ2v) is 2.56. The normalized spacial score (nSPS) is 17.9. The Morgan fingerprint density at radius 1 is 1.29 bits per heavy atom. The molecule has 1 unspecified atom stereocenters. The largest absolute Gasteiger partial charge is 0.428 e. The van der Waals surface area contributed by atoms with Gasteiger partial charge < -0.3 is 9.47 Å². The number of esters is 1. The first-order chi connectivity index (χ1) is 6.83. The summed E-state index contributed by atoms with van der Waals surface area (Å²) >= 11 is 0. The Morgan fingerprint density at radius 2 is 1.93 bits per heavy atom. The molecule has 0 aromatic heterocycles. The number of benzene rings is 1. The quantitative estimate of drug-likeness (QED) is 0.644. The van der Waals surface area contributed by atoms with Gasteiger partial charge in [0.2, 0.25) is 6.29 Å². The van der Waals surface area contributed by atoms with Crippen LogP contribution in [0.4, 0.5) is 0 Å². The Hall–Kier alpha value is -1.35. The molecule has 1 aliphatic heterocycles. The van der Waals surface area contributed by atoms with Crippen LogP contribution < -0.4 is 0 Å². The summed E-state index contributed by atoms with van der Waals surface area (Å²) in [7, 11) is 1.51. The third-order valence-corrected chi connectivity index (χ3v) is 1.86. The van der Waals surface area contributed by atoms with Crippen LogP contribution in [-0.4, -0.2) is 13.1 Å². The van der Waals surface area contributed by atoms with Gasteiger partial charge in [-0.1, -0.05) is 32.0 Å². The van der Waals surface area contributed by atoms with E-state index >= 15 is 0 Å². The van der Waals surface area contributed by atoms with E-state index in [0.717, 1.165) is 5.56 Å². The van der Waals surface area contributed by atoms with Crippen molar-refractivity contribution in [3.8, 4) is 0 Å². The second kappa shape index (κ2) is 4.77. The fourth-order valence-electron chi connectivity index (χ4n) is 1.29. The highest BCUT2D eigenvalue weighted by Crippen LogP contribution is 2.30. The third kappa shape index (κ3) is 1.77. The van der Waals surface area contributed by atoms with Gasteiger partial charge in [0.15, 0.2) is 0 Å². The van der Waals surface area contributed by atoms with Gasteiger partial charge >= 0.3 is 5.97 Å². The molecule has 1 aromatic rings. The van der Waals surface area contributed by atoms with E-state index in [9.17, 15) is 4.79 Å². The molecule has 1 atom stereocenters. The fraction of sp³-hybridized carbons (Fsp3) is 0.364. The summed E-state index contributed by atoms with van der Waals surface area (Å²) in [6.45, 7) is 4.00. The van der Waals surface area contributed by atoms with Crippen molar-refractivity contribution < 1.29 is 14.3 Å². The molecule has 76 valence electrons. The van der Waals surface area contributed by atoms with Gasteiger partial charge in [-0.2, -0.15) is 0 Å². The molecular formula is C11H14O3.